The van der Waals surface area contributed by atoms with Gasteiger partial charge in [0, 0.05) is 4.47 Å². The van der Waals surface area contributed by atoms with Gasteiger partial charge in [0.25, 0.3) is 0 Å². The van der Waals surface area contributed by atoms with Crippen molar-refractivity contribution >= 4 is 33.6 Å². The third-order valence-corrected chi connectivity index (χ3v) is 4.12. The van der Waals surface area contributed by atoms with Gasteiger partial charge < -0.3 is 20.5 Å². The summed E-state index contributed by atoms with van der Waals surface area (Å²) in [6.07, 6.45) is 0. The van der Waals surface area contributed by atoms with E-state index in [1.807, 2.05) is 0 Å². The van der Waals surface area contributed by atoms with Crippen LogP contribution in [0.25, 0.3) is 0 Å². The molecular formula is C13H14BrFN2O4. The van der Waals surface area contributed by atoms with Crippen molar-refractivity contribution in [2.75, 3.05) is 18.5 Å². The fourth-order valence-electron chi connectivity index (χ4n) is 1.99. The number of carbonyl (C=O) groups excluding carboxylic acids is 1. The van der Waals surface area contributed by atoms with Crippen molar-refractivity contribution in [2.45, 2.75) is 13.0 Å². The molecule has 1 aliphatic rings. The fraction of sp³-hybridized carbons (Fsp3) is 0.385. The van der Waals surface area contributed by atoms with Gasteiger partial charge >= 0.3 is 12.0 Å². The number of carbonyl (C=O) groups is 2. The Morgan fingerprint density at radius 3 is 2.90 bits per heavy atom. The highest BCUT2D eigenvalue weighted by Gasteiger charge is 2.47. The molecule has 0 aromatic heterocycles. The lowest BCUT2D eigenvalue weighted by molar-refractivity contribution is -0.148. The molecule has 8 heteroatoms. The van der Waals surface area contributed by atoms with E-state index in [0.717, 1.165) is 6.07 Å². The van der Waals surface area contributed by atoms with E-state index in [0.29, 0.717) is 4.47 Å². The van der Waals surface area contributed by atoms with Crippen LogP contribution < -0.4 is 10.6 Å². The van der Waals surface area contributed by atoms with Gasteiger partial charge in [0.1, 0.15) is 11.2 Å². The summed E-state index contributed by atoms with van der Waals surface area (Å²) in [5.74, 6) is -1.54. The smallest absolute Gasteiger partial charge is 0.319 e. The number of halogens is 2. The third-order valence-electron chi connectivity index (χ3n) is 3.43. The van der Waals surface area contributed by atoms with Gasteiger partial charge in [0.05, 0.1) is 24.9 Å². The first-order chi connectivity index (χ1) is 9.83. The lowest BCUT2D eigenvalue weighted by Gasteiger charge is -2.25. The highest BCUT2D eigenvalue weighted by atomic mass is 79.9. The van der Waals surface area contributed by atoms with E-state index in [2.05, 4.69) is 26.6 Å². The summed E-state index contributed by atoms with van der Waals surface area (Å²) in [6, 6.07) is 2.59. The molecule has 6 nitrogen and oxygen atoms in total. The summed E-state index contributed by atoms with van der Waals surface area (Å²) < 4.78 is 18.8. The fourth-order valence-corrected chi connectivity index (χ4v) is 2.34. The Hall–Kier alpha value is -1.67. The maximum Gasteiger partial charge on any atom is 0.319 e. The van der Waals surface area contributed by atoms with E-state index in [9.17, 15) is 19.1 Å². The average Bonchev–Trinajstić information content (AvgIpc) is 2.77. The number of anilines is 1. The second-order valence-corrected chi connectivity index (χ2v) is 5.87. The number of ether oxygens (including phenoxy) is 1. The Morgan fingerprint density at radius 1 is 1.52 bits per heavy atom. The number of nitrogens with one attached hydrogen (secondary N) is 2. The van der Waals surface area contributed by atoms with E-state index >= 15 is 0 Å². The maximum absolute atomic E-state index is 13.1. The molecule has 0 aliphatic carbocycles. The topological polar surface area (TPSA) is 87.7 Å². The van der Waals surface area contributed by atoms with Crippen LogP contribution in [-0.2, 0) is 9.53 Å². The first-order valence-corrected chi connectivity index (χ1v) is 6.96. The minimum Gasteiger partial charge on any atom is -0.481 e. The van der Waals surface area contributed by atoms with Crippen LogP contribution in [0.15, 0.2) is 22.7 Å². The van der Waals surface area contributed by atoms with Crippen LogP contribution in [0.3, 0.4) is 0 Å². The van der Waals surface area contributed by atoms with Gasteiger partial charge in [-0.25, -0.2) is 9.18 Å². The molecule has 0 saturated carbocycles. The Labute approximate surface area is 128 Å². The highest BCUT2D eigenvalue weighted by molar-refractivity contribution is 9.10. The number of benzene rings is 1. The average molecular weight is 361 g/mol. The maximum atomic E-state index is 13.1. The van der Waals surface area contributed by atoms with Gasteiger partial charge in [0.2, 0.25) is 0 Å². The van der Waals surface area contributed by atoms with Crippen LogP contribution in [0.4, 0.5) is 14.9 Å². The third kappa shape index (κ3) is 3.33. The lowest BCUT2D eigenvalue weighted by atomic mass is 9.85. The van der Waals surface area contributed by atoms with Gasteiger partial charge in [0.15, 0.2) is 0 Å². The molecule has 2 unspecified atom stereocenters. The number of carboxylic acid groups (broad SMARTS) is 1. The number of aliphatic carboxylic acids is 1. The quantitative estimate of drug-likeness (QED) is 0.770. The van der Waals surface area contributed by atoms with Gasteiger partial charge in [-0.1, -0.05) is 0 Å². The van der Waals surface area contributed by atoms with Crippen LogP contribution in [-0.4, -0.2) is 36.4 Å². The Morgan fingerprint density at radius 2 is 2.24 bits per heavy atom. The molecule has 1 aromatic carbocycles. The monoisotopic (exact) mass is 360 g/mol. The molecule has 0 radical (unpaired) electrons. The van der Waals surface area contributed by atoms with Crippen molar-refractivity contribution in [1.82, 2.24) is 5.32 Å². The zero-order valence-electron chi connectivity index (χ0n) is 11.2. The van der Waals surface area contributed by atoms with E-state index < -0.39 is 29.3 Å². The summed E-state index contributed by atoms with van der Waals surface area (Å²) in [7, 11) is 0. The molecular weight excluding hydrogens is 347 g/mol. The summed E-state index contributed by atoms with van der Waals surface area (Å²) in [5, 5.41) is 14.2. The standard InChI is InChI=1S/C13H14BrFN2O4/c1-13(11(18)19)6-21-5-10(13)17-12(20)16-9-4-7(15)2-3-8(9)14/h2-4,10H,5-6H2,1H3,(H,18,19)(H2,16,17,20). The molecule has 0 bridgehead atoms. The van der Waals surface area contributed by atoms with Gasteiger partial charge in [-0.3, -0.25) is 4.79 Å². The van der Waals surface area contributed by atoms with Crippen molar-refractivity contribution in [1.29, 1.82) is 0 Å². The first kappa shape index (κ1) is 15.7. The largest absolute Gasteiger partial charge is 0.481 e. The molecule has 114 valence electrons. The van der Waals surface area contributed by atoms with E-state index in [1.165, 1.54) is 19.1 Å². The molecule has 1 aromatic rings. The normalized spacial score (nSPS) is 24.6. The zero-order chi connectivity index (χ0) is 15.6. The van der Waals surface area contributed by atoms with Crippen LogP contribution in [0.1, 0.15) is 6.92 Å². The number of carboxylic acids is 1. The van der Waals surface area contributed by atoms with E-state index in [1.54, 1.807) is 0 Å². The number of hydrogen-bond donors (Lipinski definition) is 3. The van der Waals surface area contributed by atoms with Crippen LogP contribution >= 0.6 is 15.9 Å². The summed E-state index contributed by atoms with van der Waals surface area (Å²) in [6.45, 7) is 1.64. The molecule has 2 atom stereocenters. The molecule has 21 heavy (non-hydrogen) atoms. The van der Waals surface area contributed by atoms with Crippen molar-refractivity contribution in [2.24, 2.45) is 5.41 Å². The molecule has 1 aliphatic heterocycles. The number of amides is 2. The van der Waals surface area contributed by atoms with Crippen LogP contribution in [0.5, 0.6) is 0 Å². The predicted octanol–water partition coefficient (Wildman–Crippen LogP) is 2.20. The second kappa shape index (κ2) is 5.98. The van der Waals surface area contributed by atoms with Crippen molar-refractivity contribution in [3.63, 3.8) is 0 Å². The van der Waals surface area contributed by atoms with Crippen LogP contribution in [0.2, 0.25) is 0 Å². The van der Waals surface area contributed by atoms with E-state index in [4.69, 9.17) is 4.74 Å². The first-order valence-electron chi connectivity index (χ1n) is 6.16. The summed E-state index contributed by atoms with van der Waals surface area (Å²) >= 11 is 3.19. The van der Waals surface area contributed by atoms with Gasteiger partial charge in [-0.15, -0.1) is 0 Å². The van der Waals surface area contributed by atoms with Crippen molar-refractivity contribution in [3.05, 3.63) is 28.5 Å². The predicted molar refractivity (Wildman–Crippen MR) is 76.6 cm³/mol. The lowest BCUT2D eigenvalue weighted by Crippen LogP contribution is -2.50. The molecule has 2 amide bonds. The highest BCUT2D eigenvalue weighted by Crippen LogP contribution is 2.29. The number of urea groups is 1. The Kier molecular flexibility index (Phi) is 4.48. The molecule has 2 rings (SSSR count). The summed E-state index contributed by atoms with van der Waals surface area (Å²) in [5.41, 5.74) is -0.931. The van der Waals surface area contributed by atoms with Crippen LogP contribution in [0, 0.1) is 11.2 Å². The Balaban J connectivity index is 2.05. The SMILES string of the molecule is CC1(C(=O)O)COCC1NC(=O)Nc1cc(F)ccc1Br. The minimum absolute atomic E-state index is 0.0247. The summed E-state index contributed by atoms with van der Waals surface area (Å²) in [4.78, 5) is 23.2. The zero-order valence-corrected chi connectivity index (χ0v) is 12.7. The van der Waals surface area contributed by atoms with Crippen molar-refractivity contribution in [3.8, 4) is 0 Å². The van der Waals surface area contributed by atoms with Gasteiger partial charge in [-0.05, 0) is 41.1 Å². The number of hydrogen-bond acceptors (Lipinski definition) is 3. The molecule has 1 heterocycles. The van der Waals surface area contributed by atoms with Crippen molar-refractivity contribution < 1.29 is 23.8 Å². The minimum atomic E-state index is -1.18. The second-order valence-electron chi connectivity index (χ2n) is 5.01. The van der Waals surface area contributed by atoms with E-state index in [-0.39, 0.29) is 18.9 Å². The molecule has 0 spiro atoms. The molecule has 1 saturated heterocycles. The molecule has 1 fully saturated rings. The van der Waals surface area contributed by atoms with Gasteiger partial charge in [-0.2, -0.15) is 0 Å². The Bertz CT molecular complexity index is 583. The number of rotatable bonds is 3. The molecule has 3 N–H and O–H groups in total.